The third kappa shape index (κ3) is 2.72. The van der Waals surface area contributed by atoms with Crippen LogP contribution in [-0.2, 0) is 7.05 Å². The molecule has 31 heavy (non-hydrogen) atoms. The highest BCUT2D eigenvalue weighted by atomic mass is 15.2. The molecule has 0 radical (unpaired) electrons. The minimum atomic E-state index is 0.738. The van der Waals surface area contributed by atoms with Crippen LogP contribution in [0.25, 0.3) is 55.8 Å². The number of H-pyrrole nitrogens is 2. The van der Waals surface area contributed by atoms with Gasteiger partial charge in [-0.25, -0.2) is 9.97 Å². The summed E-state index contributed by atoms with van der Waals surface area (Å²) in [6.07, 6.45) is 9.10. The Labute approximate surface area is 177 Å². The van der Waals surface area contributed by atoms with Crippen molar-refractivity contribution in [1.29, 1.82) is 0 Å². The van der Waals surface area contributed by atoms with Gasteiger partial charge in [0.15, 0.2) is 5.65 Å². The zero-order chi connectivity index (χ0) is 20.9. The SMILES string of the molecule is Cc1ncc(-c2cnc3[nH]nc(-c4cc5c(-c6cccnc6)nccc5[nH]4)c3c2)n1C. The van der Waals surface area contributed by atoms with E-state index in [4.69, 9.17) is 0 Å². The molecule has 8 nitrogen and oxygen atoms in total. The molecule has 6 aromatic rings. The van der Waals surface area contributed by atoms with E-state index < -0.39 is 0 Å². The molecule has 0 aliphatic carbocycles. The minimum absolute atomic E-state index is 0.738. The normalized spacial score (nSPS) is 11.5. The Morgan fingerprint density at radius 2 is 1.81 bits per heavy atom. The summed E-state index contributed by atoms with van der Waals surface area (Å²) in [4.78, 5) is 21.3. The van der Waals surface area contributed by atoms with Crippen LogP contribution in [0.4, 0.5) is 0 Å². The number of nitrogens with zero attached hydrogens (tertiary/aromatic N) is 6. The summed E-state index contributed by atoms with van der Waals surface area (Å²) in [5.41, 5.74) is 7.31. The van der Waals surface area contributed by atoms with Crippen LogP contribution in [0.15, 0.2) is 61.3 Å². The lowest BCUT2D eigenvalue weighted by atomic mass is 10.1. The van der Waals surface area contributed by atoms with Gasteiger partial charge in [-0.1, -0.05) is 0 Å². The van der Waals surface area contributed by atoms with Crippen molar-refractivity contribution in [3.63, 3.8) is 0 Å². The minimum Gasteiger partial charge on any atom is -0.353 e. The van der Waals surface area contributed by atoms with Gasteiger partial charge >= 0.3 is 0 Å². The number of aromatic nitrogens is 8. The van der Waals surface area contributed by atoms with Crippen molar-refractivity contribution >= 4 is 21.9 Å². The predicted octanol–water partition coefficient (Wildman–Crippen LogP) is 4.27. The summed E-state index contributed by atoms with van der Waals surface area (Å²) in [5, 5.41) is 9.56. The Kier molecular flexibility index (Phi) is 3.73. The van der Waals surface area contributed by atoms with Gasteiger partial charge in [0.05, 0.1) is 23.3 Å². The molecule has 0 amide bonds. The van der Waals surface area contributed by atoms with E-state index in [0.717, 1.165) is 61.7 Å². The second-order valence-electron chi connectivity index (χ2n) is 7.49. The van der Waals surface area contributed by atoms with Crippen molar-refractivity contribution in [3.8, 4) is 33.9 Å². The molecule has 2 N–H and O–H groups in total. The first kappa shape index (κ1) is 17.5. The van der Waals surface area contributed by atoms with Gasteiger partial charge in [0.25, 0.3) is 0 Å². The van der Waals surface area contributed by atoms with Gasteiger partial charge in [0.1, 0.15) is 11.5 Å². The number of rotatable bonds is 3. The van der Waals surface area contributed by atoms with Crippen molar-refractivity contribution in [1.82, 2.24) is 39.7 Å². The van der Waals surface area contributed by atoms with Crippen LogP contribution in [0.3, 0.4) is 0 Å². The first-order chi connectivity index (χ1) is 15.2. The molecule has 6 aromatic heterocycles. The molecule has 0 aliphatic rings. The average molecular weight is 406 g/mol. The van der Waals surface area contributed by atoms with Crippen molar-refractivity contribution in [2.75, 3.05) is 0 Å². The van der Waals surface area contributed by atoms with Crippen molar-refractivity contribution in [2.24, 2.45) is 7.05 Å². The first-order valence-corrected chi connectivity index (χ1v) is 9.90. The van der Waals surface area contributed by atoms with Crippen molar-refractivity contribution in [3.05, 3.63) is 67.1 Å². The Hall–Kier alpha value is -4.33. The van der Waals surface area contributed by atoms with Crippen LogP contribution in [0.5, 0.6) is 0 Å². The van der Waals surface area contributed by atoms with Gasteiger partial charge in [-0.3, -0.25) is 15.1 Å². The molecule has 0 atom stereocenters. The number of hydrogen-bond donors (Lipinski definition) is 2. The fourth-order valence-corrected chi connectivity index (χ4v) is 3.93. The molecule has 6 rings (SSSR count). The summed E-state index contributed by atoms with van der Waals surface area (Å²) in [7, 11) is 2.00. The maximum atomic E-state index is 4.59. The summed E-state index contributed by atoms with van der Waals surface area (Å²) in [6, 6.07) is 10.1. The van der Waals surface area contributed by atoms with E-state index in [1.807, 2.05) is 50.8 Å². The first-order valence-electron chi connectivity index (χ1n) is 9.90. The third-order valence-electron chi connectivity index (χ3n) is 5.67. The van der Waals surface area contributed by atoms with Gasteiger partial charge in [0, 0.05) is 59.3 Å². The van der Waals surface area contributed by atoms with Crippen LogP contribution in [0.1, 0.15) is 5.82 Å². The molecule has 0 saturated carbocycles. The predicted molar refractivity (Wildman–Crippen MR) is 119 cm³/mol. The molecule has 0 aliphatic heterocycles. The number of aromatic amines is 2. The van der Waals surface area contributed by atoms with E-state index in [1.165, 1.54) is 0 Å². The second kappa shape index (κ2) is 6.60. The number of aryl methyl sites for hydroxylation is 1. The molecule has 6 heterocycles. The number of fused-ring (bicyclic) bond motifs is 2. The van der Waals surface area contributed by atoms with Crippen LogP contribution < -0.4 is 0 Å². The largest absolute Gasteiger partial charge is 0.353 e. The van der Waals surface area contributed by atoms with E-state index >= 15 is 0 Å². The molecule has 0 saturated heterocycles. The third-order valence-corrected chi connectivity index (χ3v) is 5.67. The number of imidazole rings is 1. The van der Waals surface area contributed by atoms with E-state index in [1.54, 1.807) is 12.4 Å². The average Bonchev–Trinajstić information content (AvgIpc) is 3.50. The Morgan fingerprint density at radius 3 is 2.61 bits per heavy atom. The van der Waals surface area contributed by atoms with E-state index in [9.17, 15) is 0 Å². The highest BCUT2D eigenvalue weighted by Crippen LogP contribution is 2.33. The Morgan fingerprint density at radius 1 is 0.871 bits per heavy atom. The number of pyridine rings is 3. The molecule has 0 aromatic carbocycles. The maximum Gasteiger partial charge on any atom is 0.155 e. The molecular weight excluding hydrogens is 388 g/mol. The van der Waals surface area contributed by atoms with E-state index in [2.05, 4.69) is 51.8 Å². The van der Waals surface area contributed by atoms with Gasteiger partial charge in [0.2, 0.25) is 0 Å². The lowest BCUT2D eigenvalue weighted by Crippen LogP contribution is -1.94. The zero-order valence-corrected chi connectivity index (χ0v) is 17.0. The summed E-state index contributed by atoms with van der Waals surface area (Å²) < 4.78 is 2.05. The molecule has 0 fully saturated rings. The zero-order valence-electron chi connectivity index (χ0n) is 17.0. The highest BCUT2D eigenvalue weighted by molar-refractivity contribution is 5.99. The topological polar surface area (TPSA) is 101 Å². The van der Waals surface area contributed by atoms with Crippen LogP contribution in [0.2, 0.25) is 0 Å². The fraction of sp³-hybridized carbons (Fsp3) is 0.0870. The van der Waals surface area contributed by atoms with Crippen LogP contribution in [0, 0.1) is 6.92 Å². The smallest absolute Gasteiger partial charge is 0.155 e. The van der Waals surface area contributed by atoms with Gasteiger partial charge in [-0.05, 0) is 37.3 Å². The van der Waals surface area contributed by atoms with E-state index in [-0.39, 0.29) is 0 Å². The fourth-order valence-electron chi connectivity index (χ4n) is 3.93. The lowest BCUT2D eigenvalue weighted by molar-refractivity contribution is 0.865. The number of hydrogen-bond acceptors (Lipinski definition) is 5. The van der Waals surface area contributed by atoms with Crippen LogP contribution in [-0.4, -0.2) is 39.7 Å². The molecule has 0 unspecified atom stereocenters. The Balaban J connectivity index is 1.52. The standard InChI is InChI=1S/C23H18N8/c1-13-26-12-20(31(13)2)15-8-17-22(29-30-23(17)27-11-15)19-9-16-18(28-19)5-7-25-21(16)14-4-3-6-24-10-14/h3-12,28H,1-2H3,(H,27,29,30). The van der Waals surface area contributed by atoms with Crippen LogP contribution >= 0.6 is 0 Å². The molecular formula is C23H18N8. The molecule has 8 heteroatoms. The molecule has 150 valence electrons. The summed E-state index contributed by atoms with van der Waals surface area (Å²) in [6.45, 7) is 1.98. The van der Waals surface area contributed by atoms with Gasteiger partial charge in [-0.2, -0.15) is 5.10 Å². The highest BCUT2D eigenvalue weighted by Gasteiger charge is 2.16. The monoisotopic (exact) mass is 406 g/mol. The quantitative estimate of drug-likeness (QED) is 0.457. The second-order valence-corrected chi connectivity index (χ2v) is 7.49. The van der Waals surface area contributed by atoms with Crippen molar-refractivity contribution < 1.29 is 0 Å². The molecule has 0 bridgehead atoms. The van der Waals surface area contributed by atoms with Crippen molar-refractivity contribution in [2.45, 2.75) is 6.92 Å². The Bertz CT molecular complexity index is 1560. The van der Waals surface area contributed by atoms with E-state index in [0.29, 0.717) is 0 Å². The molecule has 0 spiro atoms. The summed E-state index contributed by atoms with van der Waals surface area (Å²) >= 11 is 0. The van der Waals surface area contributed by atoms with Gasteiger partial charge < -0.3 is 9.55 Å². The maximum absolute atomic E-state index is 4.59. The lowest BCUT2D eigenvalue weighted by Gasteiger charge is -2.04. The number of nitrogens with one attached hydrogen (secondary N) is 2. The summed E-state index contributed by atoms with van der Waals surface area (Å²) in [5.74, 6) is 0.952. The van der Waals surface area contributed by atoms with Gasteiger partial charge in [-0.15, -0.1) is 0 Å².